The molecule has 0 radical (unpaired) electrons. The molecule has 0 saturated carbocycles. The molecular formula is C14H22Cl2N2. The molecule has 18 heavy (non-hydrogen) atoms. The van der Waals surface area contributed by atoms with Crippen LogP contribution in [0.5, 0.6) is 0 Å². The molecule has 0 heterocycles. The largest absolute Gasteiger partial charge is 0.308 e. The number of benzene rings is 1. The number of halogens is 2. The van der Waals surface area contributed by atoms with Gasteiger partial charge in [0.15, 0.2) is 0 Å². The van der Waals surface area contributed by atoms with Crippen molar-refractivity contribution >= 4 is 23.2 Å². The van der Waals surface area contributed by atoms with Crippen LogP contribution in [0.1, 0.15) is 12.5 Å². The van der Waals surface area contributed by atoms with E-state index in [1.807, 2.05) is 18.2 Å². The molecule has 4 heteroatoms. The average Bonchev–Trinajstić information content (AvgIpc) is 2.33. The van der Waals surface area contributed by atoms with Crippen LogP contribution in [0.3, 0.4) is 0 Å². The minimum absolute atomic E-state index is 0.625. The van der Waals surface area contributed by atoms with Crippen LogP contribution in [0.2, 0.25) is 10.0 Å². The topological polar surface area (TPSA) is 6.48 Å². The van der Waals surface area contributed by atoms with Gasteiger partial charge in [-0.3, -0.25) is 0 Å². The highest BCUT2D eigenvalue weighted by Crippen LogP contribution is 2.22. The molecule has 1 aromatic rings. The minimum atomic E-state index is 0.625. The molecule has 1 aromatic carbocycles. The second-order valence-electron chi connectivity index (χ2n) is 4.74. The van der Waals surface area contributed by atoms with E-state index in [9.17, 15) is 0 Å². The predicted octanol–water partition coefficient (Wildman–Crippen LogP) is 3.42. The number of hydrogen-bond donors (Lipinski definition) is 0. The lowest BCUT2D eigenvalue weighted by Crippen LogP contribution is -2.33. The van der Waals surface area contributed by atoms with Crippen LogP contribution in [0, 0.1) is 0 Å². The van der Waals surface area contributed by atoms with Crippen molar-refractivity contribution < 1.29 is 0 Å². The molecule has 1 rings (SSSR count). The van der Waals surface area contributed by atoms with Gasteiger partial charge in [0.05, 0.1) is 10.0 Å². The van der Waals surface area contributed by atoms with E-state index in [4.69, 9.17) is 23.2 Å². The van der Waals surface area contributed by atoms with E-state index in [1.54, 1.807) is 0 Å². The maximum atomic E-state index is 6.01. The molecule has 2 nitrogen and oxygen atoms in total. The minimum Gasteiger partial charge on any atom is -0.308 e. The summed E-state index contributed by atoms with van der Waals surface area (Å²) in [6.45, 7) is 6.53. The first-order valence-corrected chi connectivity index (χ1v) is 7.09. The Kier molecular flexibility index (Phi) is 7.02. The standard InChI is InChI=1S/C14H22Cl2N2/c1-4-18(10-9-17(2)3)8-7-12-5-6-13(15)14(16)11-12/h5-6,11H,4,7-10H2,1-3H3. The first kappa shape index (κ1) is 15.8. The second-order valence-corrected chi connectivity index (χ2v) is 5.55. The van der Waals surface area contributed by atoms with E-state index in [0.717, 1.165) is 32.6 Å². The third-order valence-corrected chi connectivity index (χ3v) is 3.75. The van der Waals surface area contributed by atoms with Gasteiger partial charge in [-0.15, -0.1) is 0 Å². The average molecular weight is 289 g/mol. The molecule has 0 atom stereocenters. The van der Waals surface area contributed by atoms with Crippen molar-refractivity contribution in [2.45, 2.75) is 13.3 Å². The van der Waals surface area contributed by atoms with Gasteiger partial charge in [0, 0.05) is 19.6 Å². The fourth-order valence-electron chi connectivity index (χ4n) is 1.75. The highest BCUT2D eigenvalue weighted by Gasteiger charge is 2.05. The van der Waals surface area contributed by atoms with Crippen molar-refractivity contribution in [3.63, 3.8) is 0 Å². The Morgan fingerprint density at radius 2 is 1.72 bits per heavy atom. The van der Waals surface area contributed by atoms with Crippen LogP contribution in [-0.4, -0.2) is 50.1 Å². The summed E-state index contributed by atoms with van der Waals surface area (Å²) < 4.78 is 0. The first-order valence-electron chi connectivity index (χ1n) is 6.34. The molecule has 0 amide bonds. The van der Waals surface area contributed by atoms with Crippen LogP contribution >= 0.6 is 23.2 Å². The zero-order valence-electron chi connectivity index (χ0n) is 11.4. The highest BCUT2D eigenvalue weighted by atomic mass is 35.5. The molecule has 0 aliphatic carbocycles. The van der Waals surface area contributed by atoms with E-state index >= 15 is 0 Å². The quantitative estimate of drug-likeness (QED) is 0.759. The predicted molar refractivity (Wildman–Crippen MR) is 80.8 cm³/mol. The molecule has 0 spiro atoms. The maximum absolute atomic E-state index is 6.01. The first-order chi connectivity index (χ1) is 8.52. The highest BCUT2D eigenvalue weighted by molar-refractivity contribution is 6.42. The van der Waals surface area contributed by atoms with Crippen molar-refractivity contribution in [2.75, 3.05) is 40.3 Å². The normalized spacial score (nSPS) is 11.5. The molecule has 0 bridgehead atoms. The van der Waals surface area contributed by atoms with Crippen LogP contribution in [0.4, 0.5) is 0 Å². The summed E-state index contributed by atoms with van der Waals surface area (Å²) in [6.07, 6.45) is 1.01. The smallest absolute Gasteiger partial charge is 0.0595 e. The zero-order valence-corrected chi connectivity index (χ0v) is 12.9. The Labute approximate surface area is 120 Å². The van der Waals surface area contributed by atoms with Crippen molar-refractivity contribution in [1.82, 2.24) is 9.80 Å². The van der Waals surface area contributed by atoms with Crippen molar-refractivity contribution in [3.8, 4) is 0 Å². The van der Waals surface area contributed by atoms with Gasteiger partial charge in [-0.05, 0) is 44.8 Å². The summed E-state index contributed by atoms with van der Waals surface area (Å²) in [6, 6.07) is 5.88. The van der Waals surface area contributed by atoms with Crippen LogP contribution in [0.15, 0.2) is 18.2 Å². The van der Waals surface area contributed by atoms with Gasteiger partial charge in [-0.25, -0.2) is 0 Å². The summed E-state index contributed by atoms with van der Waals surface area (Å²) in [5.41, 5.74) is 1.24. The van der Waals surface area contributed by atoms with Gasteiger partial charge in [-0.1, -0.05) is 36.2 Å². The molecule has 0 unspecified atom stereocenters. The fraction of sp³-hybridized carbons (Fsp3) is 0.571. The van der Waals surface area contributed by atoms with Gasteiger partial charge in [0.1, 0.15) is 0 Å². The zero-order chi connectivity index (χ0) is 13.5. The molecule has 0 aromatic heterocycles. The number of hydrogen-bond acceptors (Lipinski definition) is 2. The van der Waals surface area contributed by atoms with Crippen LogP contribution in [-0.2, 0) is 6.42 Å². The third kappa shape index (κ3) is 5.57. The maximum Gasteiger partial charge on any atom is 0.0595 e. The van der Waals surface area contributed by atoms with Crippen LogP contribution in [0.25, 0.3) is 0 Å². The molecule has 0 aliphatic heterocycles. The summed E-state index contributed by atoms with van der Waals surface area (Å²) in [7, 11) is 4.21. The van der Waals surface area contributed by atoms with E-state index < -0.39 is 0 Å². The number of likely N-dealkylation sites (N-methyl/N-ethyl adjacent to an activating group) is 2. The van der Waals surface area contributed by atoms with E-state index in [2.05, 4.69) is 30.8 Å². The van der Waals surface area contributed by atoms with Gasteiger partial charge >= 0.3 is 0 Å². The molecule has 0 N–H and O–H groups in total. The molecule has 102 valence electrons. The Hall–Kier alpha value is -0.280. The third-order valence-electron chi connectivity index (χ3n) is 3.01. The summed E-state index contributed by atoms with van der Waals surface area (Å²) in [4.78, 5) is 4.66. The Balaban J connectivity index is 2.44. The molecular weight excluding hydrogens is 267 g/mol. The molecule has 0 saturated heterocycles. The molecule has 0 aliphatic rings. The van der Waals surface area contributed by atoms with Crippen molar-refractivity contribution in [3.05, 3.63) is 33.8 Å². The fourth-order valence-corrected chi connectivity index (χ4v) is 2.07. The number of rotatable bonds is 7. The van der Waals surface area contributed by atoms with Gasteiger partial charge in [0.2, 0.25) is 0 Å². The summed E-state index contributed by atoms with van der Waals surface area (Å²) in [5, 5.41) is 1.27. The van der Waals surface area contributed by atoms with E-state index in [1.165, 1.54) is 5.56 Å². The Morgan fingerprint density at radius 1 is 1.00 bits per heavy atom. The van der Waals surface area contributed by atoms with Gasteiger partial charge in [0.25, 0.3) is 0 Å². The van der Waals surface area contributed by atoms with E-state index in [-0.39, 0.29) is 0 Å². The Bertz CT molecular complexity index is 367. The number of nitrogens with zero attached hydrogens (tertiary/aromatic N) is 2. The van der Waals surface area contributed by atoms with Gasteiger partial charge < -0.3 is 9.80 Å². The molecule has 0 fully saturated rings. The lowest BCUT2D eigenvalue weighted by molar-refractivity contribution is 0.253. The van der Waals surface area contributed by atoms with Crippen molar-refractivity contribution in [2.24, 2.45) is 0 Å². The summed E-state index contributed by atoms with van der Waals surface area (Å²) >= 11 is 11.9. The van der Waals surface area contributed by atoms with E-state index in [0.29, 0.717) is 10.0 Å². The van der Waals surface area contributed by atoms with Crippen molar-refractivity contribution in [1.29, 1.82) is 0 Å². The van der Waals surface area contributed by atoms with Crippen LogP contribution < -0.4 is 0 Å². The lowest BCUT2D eigenvalue weighted by Gasteiger charge is -2.22. The Morgan fingerprint density at radius 3 is 2.28 bits per heavy atom. The lowest BCUT2D eigenvalue weighted by atomic mass is 10.1. The summed E-state index contributed by atoms with van der Waals surface area (Å²) in [5.74, 6) is 0. The second kappa shape index (κ2) is 8.00. The SMILES string of the molecule is CCN(CCc1ccc(Cl)c(Cl)c1)CCN(C)C. The monoisotopic (exact) mass is 288 g/mol. The van der Waals surface area contributed by atoms with Gasteiger partial charge in [-0.2, -0.15) is 0 Å².